The Kier molecular flexibility index (Phi) is 10.4. The number of para-hydroxylation sites is 4. The minimum atomic E-state index is -0.206. The molecular weight excluding hydrogens is 1020 g/mol. The third kappa shape index (κ3) is 7.01. The number of anilines is 6. The molecule has 0 spiro atoms. The first-order valence-electron chi connectivity index (χ1n) is 29.2. The van der Waals surface area contributed by atoms with E-state index in [-0.39, 0.29) is 10.8 Å². The molecule has 0 saturated heterocycles. The van der Waals surface area contributed by atoms with Crippen LogP contribution in [0.3, 0.4) is 0 Å². The van der Waals surface area contributed by atoms with Gasteiger partial charge in [-0.3, -0.25) is 0 Å². The third-order valence-corrected chi connectivity index (χ3v) is 18.6. The maximum Gasteiger partial charge on any atom is 0.159 e. The lowest BCUT2D eigenvalue weighted by atomic mass is 9.82. The average molecular weight is 1080 g/mol. The van der Waals surface area contributed by atoms with Crippen molar-refractivity contribution in [3.8, 4) is 44.5 Å². The fourth-order valence-corrected chi connectivity index (χ4v) is 14.6. The summed E-state index contributed by atoms with van der Waals surface area (Å²) in [7, 11) is 0. The molecule has 2 aromatic heterocycles. The fraction of sp³-hybridized carbons (Fsp3) is 0.0750. The molecule has 15 aromatic rings. The molecule has 0 unspecified atom stereocenters. The quantitative estimate of drug-likeness (QED) is 0.142. The summed E-state index contributed by atoms with van der Waals surface area (Å²) < 4.78 is 13.9. The van der Waals surface area contributed by atoms with E-state index >= 15 is 0 Å². The lowest BCUT2D eigenvalue weighted by Crippen LogP contribution is -2.16. The van der Waals surface area contributed by atoms with Gasteiger partial charge in [-0.2, -0.15) is 0 Å². The van der Waals surface area contributed by atoms with Crippen LogP contribution in [-0.4, -0.2) is 0 Å². The predicted octanol–water partition coefficient (Wildman–Crippen LogP) is 22.7. The van der Waals surface area contributed by atoms with Gasteiger partial charge < -0.3 is 18.6 Å². The van der Waals surface area contributed by atoms with Crippen LogP contribution in [0.5, 0.6) is 0 Å². The van der Waals surface area contributed by atoms with Gasteiger partial charge in [-0.25, -0.2) is 0 Å². The Labute approximate surface area is 487 Å². The van der Waals surface area contributed by atoms with Crippen molar-refractivity contribution in [1.82, 2.24) is 0 Å². The number of benzene rings is 13. The lowest BCUT2D eigenvalue weighted by molar-refractivity contribution is 0.660. The molecule has 84 heavy (non-hydrogen) atoms. The van der Waals surface area contributed by atoms with E-state index in [1.807, 2.05) is 0 Å². The summed E-state index contributed by atoms with van der Waals surface area (Å²) in [5.74, 6) is 0. The first-order valence-corrected chi connectivity index (χ1v) is 29.2. The minimum absolute atomic E-state index is 0.206. The zero-order valence-electron chi connectivity index (χ0n) is 47.1. The Morgan fingerprint density at radius 3 is 1.07 bits per heavy atom. The molecule has 0 amide bonds. The molecular formula is C80H56N2O2. The Morgan fingerprint density at radius 1 is 0.262 bits per heavy atom. The van der Waals surface area contributed by atoms with Gasteiger partial charge in [0.25, 0.3) is 0 Å². The Bertz CT molecular complexity index is 4890. The molecule has 2 heterocycles. The van der Waals surface area contributed by atoms with Crippen LogP contribution in [0.15, 0.2) is 276 Å². The van der Waals surface area contributed by atoms with Gasteiger partial charge >= 0.3 is 0 Å². The second-order valence-electron chi connectivity index (χ2n) is 23.9. The highest BCUT2D eigenvalue weighted by Gasteiger charge is 2.38. The molecule has 0 saturated carbocycles. The van der Waals surface area contributed by atoms with Crippen molar-refractivity contribution in [1.29, 1.82) is 0 Å². The molecule has 0 bridgehead atoms. The topological polar surface area (TPSA) is 32.8 Å². The normalized spacial score (nSPS) is 13.7. The number of rotatable bonds is 8. The van der Waals surface area contributed by atoms with E-state index in [1.54, 1.807) is 0 Å². The molecule has 0 atom stereocenters. The van der Waals surface area contributed by atoms with Crippen LogP contribution in [0.2, 0.25) is 0 Å². The first kappa shape index (κ1) is 48.3. The standard InChI is InChI=1S/C80H56N2O2/c1-79(2)67-31-15-11-25-55(67)57-41-37-53(47-69(57)79)81(71-33-19-29-63-59-27-13-17-35-73(59)83-77(63)71)51-39-43-61-65(45-51)75(49-21-7-5-8-22-49)62-44-40-52(46-66(62)76(61)50-23-9-6-10-24-50)82(72-34-20-30-64-60-28-14-18-36-74(60)84-78(64)72)54-38-42-58-56-26-12-16-32-68(56)80(3,4)70(58)48-54/h5-48H,1-4H3. The Balaban J connectivity index is 0.938. The highest BCUT2D eigenvalue weighted by molar-refractivity contribution is 6.23. The van der Waals surface area contributed by atoms with Crippen molar-refractivity contribution in [2.45, 2.75) is 38.5 Å². The molecule has 4 heteroatoms. The maximum atomic E-state index is 6.94. The van der Waals surface area contributed by atoms with E-state index in [1.165, 1.54) is 55.6 Å². The van der Waals surface area contributed by atoms with Crippen molar-refractivity contribution in [3.63, 3.8) is 0 Å². The number of fused-ring (bicyclic) bond motifs is 14. The highest BCUT2D eigenvalue weighted by atomic mass is 16.3. The number of hydrogen-bond acceptors (Lipinski definition) is 4. The van der Waals surface area contributed by atoms with Crippen LogP contribution in [-0.2, 0) is 10.8 Å². The lowest BCUT2D eigenvalue weighted by Gasteiger charge is -2.30. The fourth-order valence-electron chi connectivity index (χ4n) is 14.6. The van der Waals surface area contributed by atoms with Crippen LogP contribution in [0.25, 0.3) is 110 Å². The molecule has 0 aliphatic heterocycles. The highest BCUT2D eigenvalue weighted by Crippen LogP contribution is 2.55. The second kappa shape index (κ2) is 18.0. The van der Waals surface area contributed by atoms with Crippen molar-refractivity contribution in [2.24, 2.45) is 0 Å². The van der Waals surface area contributed by atoms with Crippen molar-refractivity contribution < 1.29 is 8.83 Å². The summed E-state index contributed by atoms with van der Waals surface area (Å²) in [6.07, 6.45) is 0. The number of nitrogens with zero attached hydrogens (tertiary/aromatic N) is 2. The van der Waals surface area contributed by atoms with E-state index in [9.17, 15) is 0 Å². The largest absolute Gasteiger partial charge is 0.454 e. The summed E-state index contributed by atoms with van der Waals surface area (Å²) in [4.78, 5) is 4.86. The van der Waals surface area contributed by atoms with Gasteiger partial charge in [0, 0.05) is 55.1 Å². The summed E-state index contributed by atoms with van der Waals surface area (Å²) in [6.45, 7) is 9.44. The molecule has 2 aliphatic carbocycles. The zero-order chi connectivity index (χ0) is 56.0. The number of furan rings is 2. The average Bonchev–Trinajstić information content (AvgIpc) is 3.81. The second-order valence-corrected chi connectivity index (χ2v) is 23.9. The molecule has 4 nitrogen and oxygen atoms in total. The van der Waals surface area contributed by atoms with Crippen molar-refractivity contribution in [2.75, 3.05) is 9.80 Å². The molecule has 0 N–H and O–H groups in total. The van der Waals surface area contributed by atoms with Crippen LogP contribution in [0, 0.1) is 0 Å². The molecule has 0 radical (unpaired) electrons. The molecule has 2 aliphatic rings. The van der Waals surface area contributed by atoms with E-state index in [4.69, 9.17) is 8.83 Å². The molecule has 0 fully saturated rings. The van der Waals surface area contributed by atoms with Crippen molar-refractivity contribution in [3.05, 3.63) is 289 Å². The molecule has 17 rings (SSSR count). The van der Waals surface area contributed by atoms with Crippen LogP contribution in [0.1, 0.15) is 49.9 Å². The van der Waals surface area contributed by atoms with Gasteiger partial charge in [-0.15, -0.1) is 0 Å². The van der Waals surface area contributed by atoms with Crippen LogP contribution in [0.4, 0.5) is 34.1 Å². The monoisotopic (exact) mass is 1080 g/mol. The maximum absolute atomic E-state index is 6.94. The van der Waals surface area contributed by atoms with E-state index in [0.29, 0.717) is 0 Å². The summed E-state index contributed by atoms with van der Waals surface area (Å²) in [6, 6.07) is 98.1. The van der Waals surface area contributed by atoms with Gasteiger partial charge in [-0.05, 0) is 161 Å². The van der Waals surface area contributed by atoms with Crippen molar-refractivity contribution >= 4 is 99.5 Å². The summed E-state index contributed by atoms with van der Waals surface area (Å²) in [5.41, 5.74) is 24.3. The van der Waals surface area contributed by atoms with Gasteiger partial charge in [0.05, 0.1) is 11.4 Å². The third-order valence-electron chi connectivity index (χ3n) is 18.6. The van der Waals surface area contributed by atoms with Gasteiger partial charge in [0.1, 0.15) is 11.2 Å². The SMILES string of the molecule is CC1(C)c2ccccc2-c2ccc(N(c3ccc4c(-c5ccccc5)c5cc(N(c6ccc7c(c6)C(C)(C)c6ccccc6-7)c6cccc7c6oc6ccccc67)ccc5c(-c5ccccc5)c4c3)c3cccc4c3oc3ccccc34)cc21. The van der Waals surface area contributed by atoms with Crippen LogP contribution < -0.4 is 9.80 Å². The van der Waals surface area contributed by atoms with E-state index < -0.39 is 0 Å². The van der Waals surface area contributed by atoms with Gasteiger partial charge in [0.15, 0.2) is 11.2 Å². The minimum Gasteiger partial charge on any atom is -0.454 e. The summed E-state index contributed by atoms with van der Waals surface area (Å²) in [5, 5.41) is 8.98. The van der Waals surface area contributed by atoms with E-state index in [0.717, 1.165) is 111 Å². The predicted molar refractivity (Wildman–Crippen MR) is 351 cm³/mol. The molecule has 398 valence electrons. The van der Waals surface area contributed by atoms with Crippen LogP contribution >= 0.6 is 0 Å². The smallest absolute Gasteiger partial charge is 0.159 e. The van der Waals surface area contributed by atoms with Gasteiger partial charge in [-0.1, -0.05) is 222 Å². The Hall–Kier alpha value is -10.4. The van der Waals surface area contributed by atoms with Gasteiger partial charge in [0.2, 0.25) is 0 Å². The molecule has 13 aromatic carbocycles. The first-order chi connectivity index (χ1) is 41.2. The summed E-state index contributed by atoms with van der Waals surface area (Å²) >= 11 is 0. The Morgan fingerprint density at radius 2 is 0.619 bits per heavy atom. The van der Waals surface area contributed by atoms with E-state index in [2.05, 4.69) is 304 Å². The number of hydrogen-bond donors (Lipinski definition) is 0. The zero-order valence-corrected chi connectivity index (χ0v) is 47.1.